The first kappa shape index (κ1) is 48.4. The fraction of sp³-hybridized carbons (Fsp3) is 0.435. The van der Waals surface area contributed by atoms with Crippen molar-refractivity contribution in [3.8, 4) is 11.5 Å². The molecule has 66 heavy (non-hydrogen) atoms. The lowest BCUT2D eigenvalue weighted by Crippen LogP contribution is -2.20. The molecule has 20 nitrogen and oxygen atoms in total. The van der Waals surface area contributed by atoms with Crippen molar-refractivity contribution >= 4 is 57.6 Å². The summed E-state index contributed by atoms with van der Waals surface area (Å²) in [6, 6.07) is 9.62. The van der Waals surface area contributed by atoms with Crippen LogP contribution in [0.1, 0.15) is 107 Å². The van der Waals surface area contributed by atoms with Crippen LogP contribution in [0.3, 0.4) is 0 Å². The van der Waals surface area contributed by atoms with Gasteiger partial charge in [0.05, 0.1) is 61.1 Å². The Bertz CT molecular complexity index is 2560. The third-order valence-electron chi connectivity index (χ3n) is 10.2. The van der Waals surface area contributed by atoms with E-state index >= 15 is 0 Å². The molecule has 0 aliphatic carbocycles. The smallest absolute Gasteiger partial charge is 0.276 e. The highest BCUT2D eigenvalue weighted by Crippen LogP contribution is 2.33. The van der Waals surface area contributed by atoms with Gasteiger partial charge in [-0.1, -0.05) is 12.2 Å². The predicted molar refractivity (Wildman–Crippen MR) is 249 cm³/mol. The first-order valence-electron chi connectivity index (χ1n) is 22.1. The molecule has 0 fully saturated rings. The third-order valence-corrected chi connectivity index (χ3v) is 10.2. The second-order valence-corrected chi connectivity index (χ2v) is 16.1. The summed E-state index contributed by atoms with van der Waals surface area (Å²) in [6.45, 7) is 17.9. The Hall–Kier alpha value is -7.06. The van der Waals surface area contributed by atoms with E-state index in [1.54, 1.807) is 68.7 Å². The zero-order chi connectivity index (χ0) is 47.7. The molecule has 2 aromatic carbocycles. The normalized spacial score (nSPS) is 11.7. The lowest BCUT2D eigenvalue weighted by Gasteiger charge is -2.14. The monoisotopic (exact) mass is 908 g/mol. The van der Waals surface area contributed by atoms with Crippen LogP contribution in [-0.2, 0) is 35.7 Å². The minimum absolute atomic E-state index is 0.0473. The van der Waals surface area contributed by atoms with Crippen LogP contribution in [0, 0.1) is 13.8 Å². The number of fused-ring (bicyclic) bond motifs is 2. The largest absolute Gasteiger partial charge is 0.491 e. The highest BCUT2D eigenvalue weighted by molar-refractivity contribution is 6.05. The number of nitrogens with one attached hydrogen (secondary N) is 2. The minimum Gasteiger partial charge on any atom is -0.491 e. The number of imidazole rings is 2. The number of allylic oxidation sites excluding steroid dienone is 2. The van der Waals surface area contributed by atoms with Crippen LogP contribution in [0.25, 0.3) is 22.1 Å². The van der Waals surface area contributed by atoms with Crippen LogP contribution in [-0.4, -0.2) is 101 Å². The average Bonchev–Trinajstić information content (AvgIpc) is 4.03. The first-order chi connectivity index (χ1) is 31.6. The summed E-state index contributed by atoms with van der Waals surface area (Å²) in [5, 5.41) is 14.8. The van der Waals surface area contributed by atoms with Crippen molar-refractivity contribution in [2.75, 3.05) is 37.1 Å². The number of carbonyl (C=O) groups excluding carboxylic acids is 4. The number of hydrogen-bond donors (Lipinski definition) is 4. The molecule has 6 rings (SSSR count). The summed E-state index contributed by atoms with van der Waals surface area (Å²) in [4.78, 5) is 62.3. The number of nitrogens with two attached hydrogens (primary N) is 2. The van der Waals surface area contributed by atoms with Gasteiger partial charge in [-0.25, -0.2) is 9.97 Å². The van der Waals surface area contributed by atoms with Gasteiger partial charge in [0, 0.05) is 50.1 Å². The highest BCUT2D eigenvalue weighted by atomic mass is 16.5. The zero-order valence-electron chi connectivity index (χ0n) is 38.8. The molecule has 6 aromatic rings. The summed E-state index contributed by atoms with van der Waals surface area (Å²) in [7, 11) is 0. The third kappa shape index (κ3) is 11.6. The van der Waals surface area contributed by atoms with Crippen LogP contribution in [0.5, 0.6) is 11.5 Å². The van der Waals surface area contributed by atoms with E-state index in [9.17, 15) is 19.2 Å². The van der Waals surface area contributed by atoms with Gasteiger partial charge in [-0.3, -0.25) is 39.2 Å². The molecule has 0 aliphatic heterocycles. The fourth-order valence-electron chi connectivity index (χ4n) is 7.26. The molecule has 0 atom stereocenters. The molecule has 0 spiro atoms. The van der Waals surface area contributed by atoms with Gasteiger partial charge in [-0.2, -0.15) is 10.2 Å². The summed E-state index contributed by atoms with van der Waals surface area (Å²) < 4.78 is 30.7. The number of aryl methyl sites for hydroxylation is 4. The van der Waals surface area contributed by atoms with Crippen LogP contribution in [0.2, 0.25) is 0 Å². The Balaban J connectivity index is 1.41. The molecule has 0 aliphatic rings. The molecule has 4 heterocycles. The van der Waals surface area contributed by atoms with Crippen molar-refractivity contribution in [3.63, 3.8) is 0 Å². The van der Waals surface area contributed by atoms with Gasteiger partial charge in [0.15, 0.2) is 0 Å². The van der Waals surface area contributed by atoms with E-state index in [2.05, 4.69) is 20.8 Å². The number of primary amides is 2. The molecule has 0 saturated heterocycles. The fourth-order valence-corrected chi connectivity index (χ4v) is 7.26. The van der Waals surface area contributed by atoms with E-state index in [1.165, 1.54) is 0 Å². The molecule has 352 valence electrons. The van der Waals surface area contributed by atoms with Crippen LogP contribution in [0.15, 0.2) is 48.6 Å². The van der Waals surface area contributed by atoms with Gasteiger partial charge in [-0.05, 0) is 91.8 Å². The van der Waals surface area contributed by atoms with Gasteiger partial charge in [0.25, 0.3) is 11.8 Å². The molecule has 0 bridgehead atoms. The number of rotatable bonds is 24. The van der Waals surface area contributed by atoms with E-state index in [0.717, 1.165) is 0 Å². The minimum atomic E-state index is -0.674. The molecule has 4 aromatic heterocycles. The second kappa shape index (κ2) is 21.7. The summed E-state index contributed by atoms with van der Waals surface area (Å²) in [6.07, 6.45) is 4.93. The maximum absolute atomic E-state index is 13.9. The number of anilines is 2. The number of hydrogen-bond acceptors (Lipinski definition) is 12. The first-order valence-corrected chi connectivity index (χ1v) is 22.1. The number of ether oxygens (including phenoxy) is 4. The Morgan fingerprint density at radius 2 is 1.02 bits per heavy atom. The SMILES string of the molecule is CCn1nc(C)cc1C(=O)Nc1nc2cc(C(N)=O)cc(OCCCOC(C)C)c2n1C/C=C/Cn1c(NC(=O)c2cc(C)nn2CC)nc2cc(C(N)=O)cc(OCCCOC(C)C)c21. The van der Waals surface area contributed by atoms with Gasteiger partial charge in [-0.15, -0.1) is 0 Å². The van der Waals surface area contributed by atoms with Crippen molar-refractivity contribution in [2.24, 2.45) is 11.5 Å². The van der Waals surface area contributed by atoms with E-state index in [-0.39, 0.29) is 61.5 Å². The van der Waals surface area contributed by atoms with E-state index in [1.807, 2.05) is 53.7 Å². The molecule has 0 saturated carbocycles. The second-order valence-electron chi connectivity index (χ2n) is 16.1. The van der Waals surface area contributed by atoms with Crippen molar-refractivity contribution in [1.29, 1.82) is 0 Å². The standard InChI is InChI=1S/C46H60N12O8/c1-9-57-35(21-29(7)53-57)43(61)51-45-49-33-23-31(41(47)59)25-37(65-19-13-17-63-27(3)4)39(33)55(45)15-11-12-16-56-40-34(50-46(56)52-44(62)36-22-30(8)54-58(36)10-2)24-32(42(48)60)26-38(40)66-20-14-18-64-28(5)6/h11-12,21-28H,9-10,13-20H2,1-8H3,(H2,47,59)(H2,48,60)(H,49,51,61)(H,50,52,62)/b12-11+. The predicted octanol–water partition coefficient (Wildman–Crippen LogP) is 5.78. The number of aromatic nitrogens is 8. The lowest BCUT2D eigenvalue weighted by molar-refractivity contribution is 0.0692. The molecular weight excluding hydrogens is 849 g/mol. The Morgan fingerprint density at radius 3 is 1.36 bits per heavy atom. The summed E-state index contributed by atoms with van der Waals surface area (Å²) >= 11 is 0. The van der Waals surface area contributed by atoms with Gasteiger partial charge >= 0.3 is 0 Å². The summed E-state index contributed by atoms with van der Waals surface area (Å²) in [5.74, 6) is -1.21. The topological polar surface area (TPSA) is 253 Å². The highest BCUT2D eigenvalue weighted by Gasteiger charge is 2.24. The Labute approximate surface area is 382 Å². The van der Waals surface area contributed by atoms with Crippen molar-refractivity contribution in [2.45, 2.75) is 107 Å². The summed E-state index contributed by atoms with van der Waals surface area (Å²) in [5.41, 5.74) is 15.6. The van der Waals surface area contributed by atoms with Gasteiger partial charge in [0.2, 0.25) is 23.7 Å². The maximum Gasteiger partial charge on any atom is 0.276 e. The van der Waals surface area contributed by atoms with Crippen LogP contribution >= 0.6 is 0 Å². The number of carbonyl (C=O) groups is 4. The molecular formula is C46H60N12O8. The lowest BCUT2D eigenvalue weighted by atomic mass is 10.1. The van der Waals surface area contributed by atoms with E-state index in [4.69, 9.17) is 40.4 Å². The molecule has 6 N–H and O–H groups in total. The van der Waals surface area contributed by atoms with Gasteiger partial charge in [0.1, 0.15) is 33.9 Å². The molecule has 0 unspecified atom stereocenters. The van der Waals surface area contributed by atoms with Crippen molar-refractivity contribution < 1.29 is 38.1 Å². The number of nitrogens with zero attached hydrogens (tertiary/aromatic N) is 8. The number of amides is 4. The molecule has 4 amide bonds. The average molecular weight is 909 g/mol. The molecule has 0 radical (unpaired) electrons. The molecule has 20 heteroatoms. The van der Waals surface area contributed by atoms with E-state index in [0.29, 0.717) is 95.5 Å². The van der Waals surface area contributed by atoms with E-state index < -0.39 is 23.6 Å². The number of benzene rings is 2. The van der Waals surface area contributed by atoms with Crippen molar-refractivity contribution in [1.82, 2.24) is 38.7 Å². The zero-order valence-corrected chi connectivity index (χ0v) is 38.8. The Morgan fingerprint density at radius 1 is 0.621 bits per heavy atom. The van der Waals surface area contributed by atoms with Crippen LogP contribution in [0.4, 0.5) is 11.9 Å². The van der Waals surface area contributed by atoms with Crippen molar-refractivity contribution in [3.05, 3.63) is 82.5 Å². The van der Waals surface area contributed by atoms with Gasteiger partial charge < -0.3 is 39.5 Å². The quantitative estimate of drug-likeness (QED) is 0.0417. The van der Waals surface area contributed by atoms with Crippen LogP contribution < -0.4 is 31.6 Å². The Kier molecular flexibility index (Phi) is 15.9. The maximum atomic E-state index is 13.9.